The molecule has 1 atom stereocenters. The van der Waals surface area contributed by atoms with Crippen molar-refractivity contribution in [1.29, 1.82) is 0 Å². The van der Waals surface area contributed by atoms with Crippen LogP contribution in [0.4, 0.5) is 0 Å². The van der Waals surface area contributed by atoms with E-state index >= 15 is 0 Å². The summed E-state index contributed by atoms with van der Waals surface area (Å²) in [4.78, 5) is 0. The summed E-state index contributed by atoms with van der Waals surface area (Å²) in [6, 6.07) is 4.05. The lowest BCUT2D eigenvalue weighted by atomic mass is 10.3. The highest BCUT2D eigenvalue weighted by atomic mass is 16.5. The lowest BCUT2D eigenvalue weighted by Gasteiger charge is -2.11. The van der Waals surface area contributed by atoms with E-state index in [1.54, 1.807) is 18.4 Å². The van der Waals surface area contributed by atoms with Gasteiger partial charge in [-0.2, -0.15) is 0 Å². The molecule has 0 radical (unpaired) electrons. The fourth-order valence-corrected chi connectivity index (χ4v) is 1.19. The van der Waals surface area contributed by atoms with Gasteiger partial charge in [0.2, 0.25) is 0 Å². The van der Waals surface area contributed by atoms with Crippen molar-refractivity contribution >= 4 is 0 Å². The molecule has 0 aliphatic rings. The van der Waals surface area contributed by atoms with Crippen molar-refractivity contribution in [2.75, 3.05) is 0 Å². The molecular weight excluding hydrogens is 162 g/mol. The van der Waals surface area contributed by atoms with Crippen molar-refractivity contribution in [3.63, 3.8) is 0 Å². The summed E-state index contributed by atoms with van der Waals surface area (Å²) >= 11 is 0. The summed E-state index contributed by atoms with van der Waals surface area (Å²) in [5.74, 6) is 0. The number of hydrogen-bond acceptors (Lipinski definition) is 1. The fourth-order valence-electron chi connectivity index (χ4n) is 1.19. The van der Waals surface area contributed by atoms with E-state index < -0.39 is 0 Å². The van der Waals surface area contributed by atoms with Gasteiger partial charge in [0, 0.05) is 13.2 Å². The largest absolute Gasteiger partial charge is 0.492 e. The van der Waals surface area contributed by atoms with Crippen molar-refractivity contribution in [3.05, 3.63) is 49.0 Å². The molecule has 0 fully saturated rings. The van der Waals surface area contributed by atoms with E-state index in [0.717, 1.165) is 5.69 Å². The van der Waals surface area contributed by atoms with Gasteiger partial charge in [0.05, 0.1) is 12.0 Å². The van der Waals surface area contributed by atoms with E-state index in [4.69, 9.17) is 4.74 Å². The van der Waals surface area contributed by atoms with Crippen molar-refractivity contribution in [1.82, 2.24) is 4.57 Å². The summed E-state index contributed by atoms with van der Waals surface area (Å²) < 4.78 is 7.48. The van der Waals surface area contributed by atoms with E-state index in [-0.39, 0.29) is 6.10 Å². The van der Waals surface area contributed by atoms with Crippen LogP contribution < -0.4 is 0 Å². The van der Waals surface area contributed by atoms with E-state index in [0.29, 0.717) is 0 Å². The molecule has 13 heavy (non-hydrogen) atoms. The highest BCUT2D eigenvalue weighted by molar-refractivity contribution is 5.09. The van der Waals surface area contributed by atoms with Gasteiger partial charge in [-0.1, -0.05) is 12.7 Å². The fraction of sp³-hybridized carbons (Fsp3) is 0.273. The Kier molecular flexibility index (Phi) is 3.38. The van der Waals surface area contributed by atoms with Gasteiger partial charge in [0.15, 0.2) is 0 Å². The Morgan fingerprint density at radius 1 is 1.62 bits per heavy atom. The standard InChI is InChI=1S/C11H15NO/c1-4-5-9-13-10(2)11-7-6-8-12(11)3/h4-10H,1H2,2-3H3. The third kappa shape index (κ3) is 2.51. The predicted octanol–water partition coefficient (Wildman–Crippen LogP) is 2.80. The summed E-state index contributed by atoms with van der Waals surface area (Å²) in [5, 5.41) is 0. The van der Waals surface area contributed by atoms with Gasteiger partial charge in [-0.25, -0.2) is 0 Å². The number of nitrogens with zero attached hydrogens (tertiary/aromatic N) is 1. The average Bonchev–Trinajstić information content (AvgIpc) is 2.52. The van der Waals surface area contributed by atoms with Crippen LogP contribution >= 0.6 is 0 Å². The molecule has 1 aromatic rings. The molecule has 1 heterocycles. The minimum absolute atomic E-state index is 0.0798. The van der Waals surface area contributed by atoms with Crippen molar-refractivity contribution in [2.45, 2.75) is 13.0 Å². The van der Waals surface area contributed by atoms with Crippen LogP contribution in [-0.2, 0) is 11.8 Å². The number of aryl methyl sites for hydroxylation is 1. The highest BCUT2D eigenvalue weighted by Crippen LogP contribution is 2.16. The topological polar surface area (TPSA) is 14.2 Å². The van der Waals surface area contributed by atoms with Gasteiger partial charge >= 0.3 is 0 Å². The van der Waals surface area contributed by atoms with Crippen molar-refractivity contribution < 1.29 is 4.74 Å². The number of rotatable bonds is 4. The van der Waals surface area contributed by atoms with Gasteiger partial charge in [-0.05, 0) is 25.1 Å². The molecule has 0 bridgehead atoms. The first kappa shape index (κ1) is 9.65. The van der Waals surface area contributed by atoms with Crippen LogP contribution in [0.25, 0.3) is 0 Å². The predicted molar refractivity (Wildman–Crippen MR) is 54.3 cm³/mol. The van der Waals surface area contributed by atoms with Gasteiger partial charge in [-0.3, -0.25) is 0 Å². The van der Waals surface area contributed by atoms with Gasteiger partial charge in [0.1, 0.15) is 6.10 Å². The maximum Gasteiger partial charge on any atom is 0.135 e. The molecule has 2 nitrogen and oxygen atoms in total. The summed E-state index contributed by atoms with van der Waals surface area (Å²) in [5.41, 5.74) is 1.16. The molecule has 2 heteroatoms. The van der Waals surface area contributed by atoms with E-state index in [1.165, 1.54) is 0 Å². The monoisotopic (exact) mass is 177 g/mol. The van der Waals surface area contributed by atoms with Gasteiger partial charge < -0.3 is 9.30 Å². The number of ether oxygens (including phenoxy) is 1. The van der Waals surface area contributed by atoms with E-state index in [9.17, 15) is 0 Å². The zero-order valence-electron chi connectivity index (χ0n) is 8.10. The molecule has 1 unspecified atom stereocenters. The molecule has 1 rings (SSSR count). The van der Waals surface area contributed by atoms with Crippen molar-refractivity contribution in [3.8, 4) is 0 Å². The Labute approximate surface area is 79.1 Å². The Morgan fingerprint density at radius 3 is 2.92 bits per heavy atom. The normalized spacial score (nSPS) is 13.1. The van der Waals surface area contributed by atoms with Crippen molar-refractivity contribution in [2.24, 2.45) is 7.05 Å². The SMILES string of the molecule is C=CC=COC(C)c1cccn1C. The Balaban J connectivity index is 2.58. The van der Waals surface area contributed by atoms with Crippen LogP contribution in [0.15, 0.2) is 43.3 Å². The van der Waals surface area contributed by atoms with Crippen LogP contribution in [0.5, 0.6) is 0 Å². The van der Waals surface area contributed by atoms with Crippen LogP contribution in [0, 0.1) is 0 Å². The second kappa shape index (κ2) is 4.55. The Bertz CT molecular complexity index is 299. The van der Waals surface area contributed by atoms with Crippen LogP contribution in [0.3, 0.4) is 0 Å². The molecule has 0 saturated heterocycles. The molecule has 0 spiro atoms. The quantitative estimate of drug-likeness (QED) is 0.509. The summed E-state index contributed by atoms with van der Waals surface area (Å²) in [7, 11) is 2.01. The molecule has 0 aromatic carbocycles. The summed E-state index contributed by atoms with van der Waals surface area (Å²) in [6.07, 6.45) is 7.21. The maximum absolute atomic E-state index is 5.43. The average molecular weight is 177 g/mol. The maximum atomic E-state index is 5.43. The number of hydrogen-bond donors (Lipinski definition) is 0. The highest BCUT2D eigenvalue weighted by Gasteiger charge is 2.06. The second-order valence-electron chi connectivity index (χ2n) is 2.89. The lowest BCUT2D eigenvalue weighted by molar-refractivity contribution is 0.157. The minimum Gasteiger partial charge on any atom is -0.492 e. The van der Waals surface area contributed by atoms with Gasteiger partial charge in [0.25, 0.3) is 0 Å². The molecule has 0 aliphatic heterocycles. The first-order valence-electron chi connectivity index (χ1n) is 4.30. The van der Waals surface area contributed by atoms with Crippen LogP contribution in [-0.4, -0.2) is 4.57 Å². The molecular formula is C11H15NO. The Hall–Kier alpha value is -1.44. The van der Waals surface area contributed by atoms with Gasteiger partial charge in [-0.15, -0.1) is 0 Å². The van der Waals surface area contributed by atoms with E-state index in [1.807, 2.05) is 36.9 Å². The first-order chi connectivity index (χ1) is 6.25. The van der Waals surface area contributed by atoms with Crippen LogP contribution in [0.1, 0.15) is 18.7 Å². The molecule has 1 aromatic heterocycles. The zero-order chi connectivity index (χ0) is 9.68. The third-order valence-corrected chi connectivity index (χ3v) is 1.90. The molecule has 0 saturated carbocycles. The lowest BCUT2D eigenvalue weighted by Crippen LogP contribution is -2.01. The Morgan fingerprint density at radius 2 is 2.38 bits per heavy atom. The molecule has 0 amide bonds. The third-order valence-electron chi connectivity index (χ3n) is 1.90. The van der Waals surface area contributed by atoms with E-state index in [2.05, 4.69) is 6.58 Å². The number of allylic oxidation sites excluding steroid dienone is 2. The smallest absolute Gasteiger partial charge is 0.135 e. The number of aromatic nitrogens is 1. The molecule has 0 aliphatic carbocycles. The molecule has 0 N–H and O–H groups in total. The summed E-state index contributed by atoms with van der Waals surface area (Å²) in [6.45, 7) is 5.58. The first-order valence-corrected chi connectivity index (χ1v) is 4.30. The second-order valence-corrected chi connectivity index (χ2v) is 2.89. The van der Waals surface area contributed by atoms with Crippen LogP contribution in [0.2, 0.25) is 0 Å². The minimum atomic E-state index is 0.0798. The zero-order valence-corrected chi connectivity index (χ0v) is 8.10. The molecule has 70 valence electrons.